The van der Waals surface area contributed by atoms with Gasteiger partial charge in [-0.2, -0.15) is 0 Å². The minimum atomic E-state index is -0.222. The second-order valence-electron chi connectivity index (χ2n) is 3.40. The summed E-state index contributed by atoms with van der Waals surface area (Å²) in [5.41, 5.74) is 1.17. The molecule has 0 bridgehead atoms. The number of hydrogen-bond donors (Lipinski definition) is 0. The van der Waals surface area contributed by atoms with Crippen LogP contribution in [0.25, 0.3) is 0 Å². The van der Waals surface area contributed by atoms with Gasteiger partial charge in [0.15, 0.2) is 0 Å². The summed E-state index contributed by atoms with van der Waals surface area (Å²) in [6.45, 7) is 2.19. The third-order valence-electron chi connectivity index (χ3n) is 2.31. The molecule has 0 aliphatic heterocycles. The normalized spacial score (nSPS) is 12.4. The van der Waals surface area contributed by atoms with Crippen molar-refractivity contribution in [2.45, 2.75) is 6.92 Å². The van der Waals surface area contributed by atoms with Crippen molar-refractivity contribution in [3.8, 4) is 0 Å². The molecule has 0 nitrogen and oxygen atoms in total. The fourth-order valence-electron chi connectivity index (χ4n) is 1.48. The molecule has 76 valence electrons. The van der Waals surface area contributed by atoms with E-state index in [1.165, 1.54) is 16.2 Å². The summed E-state index contributed by atoms with van der Waals surface area (Å²) in [7, 11) is 0. The Kier molecular flexibility index (Phi) is 3.76. The quantitative estimate of drug-likeness (QED) is 0.582. The smallest absolute Gasteiger partial charge is 0.0217 e. The number of hydrogen-bond acceptors (Lipinski definition) is 0. The highest BCUT2D eigenvalue weighted by atomic mass is 127. The van der Waals surface area contributed by atoms with Gasteiger partial charge in [-0.05, 0) is 45.1 Å². The van der Waals surface area contributed by atoms with Gasteiger partial charge < -0.3 is 0 Å². The van der Waals surface area contributed by atoms with Crippen molar-refractivity contribution in [2.24, 2.45) is 0 Å². The van der Waals surface area contributed by atoms with E-state index < -0.39 is 0 Å². The summed E-state index contributed by atoms with van der Waals surface area (Å²) >= 11 is 2.56. The Labute approximate surface area is 105 Å². The molecule has 1 atom stereocenters. The van der Waals surface area contributed by atoms with Crippen LogP contribution in [-0.2, 0) is 0 Å². The number of benzene rings is 2. The predicted octanol–water partition coefficient (Wildman–Crippen LogP) is 3.78. The van der Waals surface area contributed by atoms with Crippen LogP contribution in [0.2, 0.25) is 0 Å². The molecule has 0 aromatic heterocycles. The Morgan fingerprint density at radius 2 is 1.47 bits per heavy atom. The third-order valence-corrected chi connectivity index (χ3v) is 7.22. The van der Waals surface area contributed by atoms with Gasteiger partial charge in [0.05, 0.1) is 0 Å². The molecule has 0 saturated carbocycles. The zero-order valence-electron chi connectivity index (χ0n) is 8.52. The highest BCUT2D eigenvalue weighted by Crippen LogP contribution is 2.43. The molecule has 0 radical (unpaired) electrons. The first kappa shape index (κ1) is 11.1. The lowest BCUT2D eigenvalue weighted by Crippen LogP contribution is -2.09. The monoisotopic (exact) mass is 326 g/mol. The van der Waals surface area contributed by atoms with Crippen molar-refractivity contribution in [1.82, 2.24) is 0 Å². The van der Waals surface area contributed by atoms with Crippen molar-refractivity contribution < 1.29 is 0 Å². The molecule has 2 heteroatoms. The van der Waals surface area contributed by atoms with E-state index in [1.54, 1.807) is 0 Å². The number of rotatable bonds is 2. The summed E-state index contributed by atoms with van der Waals surface area (Å²) in [5.74, 6) is 0. The van der Waals surface area contributed by atoms with Crippen LogP contribution in [0.3, 0.4) is 0 Å². The Hall–Kier alpha value is -0.400. The second-order valence-corrected chi connectivity index (χ2v) is 7.86. The fraction of sp³-hybridized carbons (Fsp3) is 0.0769. The van der Waals surface area contributed by atoms with Crippen molar-refractivity contribution in [2.75, 3.05) is 0 Å². The van der Waals surface area contributed by atoms with E-state index in [1.807, 2.05) is 0 Å². The standard InChI is InChI=1S/C13H12IP/c1-11-7-5-6-10-13(11)15(14)12-8-3-2-4-9-12/h2-10H,1H3. The Morgan fingerprint density at radius 3 is 2.13 bits per heavy atom. The third kappa shape index (κ3) is 2.59. The zero-order valence-corrected chi connectivity index (χ0v) is 11.6. The van der Waals surface area contributed by atoms with E-state index in [9.17, 15) is 0 Å². The topological polar surface area (TPSA) is 0 Å². The molecule has 0 amide bonds. The zero-order chi connectivity index (χ0) is 10.7. The number of aryl methyl sites for hydroxylation is 1. The maximum absolute atomic E-state index is 2.56. The lowest BCUT2D eigenvalue weighted by molar-refractivity contribution is 1.52. The van der Waals surface area contributed by atoms with Gasteiger partial charge in [-0.1, -0.05) is 54.6 Å². The van der Waals surface area contributed by atoms with Crippen molar-refractivity contribution >= 4 is 38.2 Å². The maximum atomic E-state index is 2.56. The molecule has 15 heavy (non-hydrogen) atoms. The minimum absolute atomic E-state index is 0.222. The first-order valence-corrected chi connectivity index (χ1v) is 8.98. The van der Waals surface area contributed by atoms with E-state index in [4.69, 9.17) is 0 Å². The van der Waals surface area contributed by atoms with Gasteiger partial charge in [0.25, 0.3) is 0 Å². The van der Waals surface area contributed by atoms with Crippen LogP contribution in [0.15, 0.2) is 54.6 Å². The van der Waals surface area contributed by atoms with Gasteiger partial charge in [0.1, 0.15) is 0 Å². The average molecular weight is 326 g/mol. The van der Waals surface area contributed by atoms with Gasteiger partial charge in [-0.3, -0.25) is 0 Å². The van der Waals surface area contributed by atoms with Crippen molar-refractivity contribution in [1.29, 1.82) is 0 Å². The van der Waals surface area contributed by atoms with E-state index >= 15 is 0 Å². The first-order valence-electron chi connectivity index (χ1n) is 4.85. The molecule has 0 aliphatic rings. The summed E-state index contributed by atoms with van der Waals surface area (Å²) < 4.78 is 0. The van der Waals surface area contributed by atoms with Crippen LogP contribution < -0.4 is 10.6 Å². The molecular weight excluding hydrogens is 314 g/mol. The van der Waals surface area contributed by atoms with E-state index in [0.29, 0.717) is 0 Å². The molecular formula is C13H12IP. The van der Waals surface area contributed by atoms with Crippen LogP contribution >= 0.6 is 27.6 Å². The van der Waals surface area contributed by atoms with Gasteiger partial charge >= 0.3 is 0 Å². The Balaban J connectivity index is 2.37. The summed E-state index contributed by atoms with van der Waals surface area (Å²) in [6.07, 6.45) is 0. The first-order chi connectivity index (χ1) is 7.29. The molecule has 2 rings (SSSR count). The van der Waals surface area contributed by atoms with Gasteiger partial charge in [-0.15, -0.1) is 0 Å². The molecule has 2 aromatic rings. The highest BCUT2D eigenvalue weighted by molar-refractivity contribution is 14.2. The second kappa shape index (κ2) is 5.09. The molecule has 1 unspecified atom stereocenters. The molecule has 2 aromatic carbocycles. The van der Waals surface area contributed by atoms with Crippen LogP contribution in [0, 0.1) is 6.92 Å². The number of halogens is 1. The van der Waals surface area contributed by atoms with Gasteiger partial charge in [0, 0.05) is 5.56 Å². The van der Waals surface area contributed by atoms with E-state index in [0.717, 1.165) is 0 Å². The molecule has 0 aliphatic carbocycles. The SMILES string of the molecule is Cc1ccccc1P(I)c1ccccc1. The van der Waals surface area contributed by atoms with Crippen LogP contribution in [-0.4, -0.2) is 0 Å². The predicted molar refractivity (Wildman–Crippen MR) is 77.8 cm³/mol. The summed E-state index contributed by atoms with van der Waals surface area (Å²) in [4.78, 5) is 0. The Morgan fingerprint density at radius 1 is 0.867 bits per heavy atom. The highest BCUT2D eigenvalue weighted by Gasteiger charge is 2.10. The molecule has 0 spiro atoms. The lowest BCUT2D eigenvalue weighted by Gasteiger charge is -2.13. The largest absolute Gasteiger partial charge is 0.0622 e. The Bertz CT molecular complexity index is 439. The molecule has 0 saturated heterocycles. The summed E-state index contributed by atoms with van der Waals surface area (Å²) in [6, 6.07) is 19.4. The minimum Gasteiger partial charge on any atom is -0.0622 e. The lowest BCUT2D eigenvalue weighted by atomic mass is 10.2. The van der Waals surface area contributed by atoms with E-state index in [-0.39, 0.29) is 5.56 Å². The van der Waals surface area contributed by atoms with Crippen LogP contribution in [0.4, 0.5) is 0 Å². The van der Waals surface area contributed by atoms with E-state index in [2.05, 4.69) is 83.6 Å². The fourth-order valence-corrected chi connectivity index (χ4v) is 5.38. The molecule has 0 N–H and O–H groups in total. The van der Waals surface area contributed by atoms with Crippen LogP contribution in [0.1, 0.15) is 5.56 Å². The summed E-state index contributed by atoms with van der Waals surface area (Å²) in [5, 5.41) is 2.90. The van der Waals surface area contributed by atoms with Crippen LogP contribution in [0.5, 0.6) is 0 Å². The molecule has 0 heterocycles. The maximum Gasteiger partial charge on any atom is 0.0217 e. The van der Waals surface area contributed by atoms with Gasteiger partial charge in [-0.25, -0.2) is 0 Å². The molecule has 0 fully saturated rings. The average Bonchev–Trinajstić information content (AvgIpc) is 2.30. The van der Waals surface area contributed by atoms with Gasteiger partial charge in [0.2, 0.25) is 0 Å². The van der Waals surface area contributed by atoms with Crippen molar-refractivity contribution in [3.63, 3.8) is 0 Å². The van der Waals surface area contributed by atoms with Crippen molar-refractivity contribution in [3.05, 3.63) is 60.2 Å².